The molecule has 6 nitrogen and oxygen atoms in total. The van der Waals surface area contributed by atoms with Gasteiger partial charge < -0.3 is 19.6 Å². The van der Waals surface area contributed by atoms with E-state index in [9.17, 15) is 14.3 Å². The number of H-pyrrole nitrogens is 1. The van der Waals surface area contributed by atoms with Crippen molar-refractivity contribution in [1.29, 1.82) is 0 Å². The number of benzene rings is 1. The minimum atomic E-state index is -0.621. The van der Waals surface area contributed by atoms with E-state index in [1.807, 2.05) is 0 Å². The van der Waals surface area contributed by atoms with Crippen molar-refractivity contribution in [3.8, 4) is 5.75 Å². The first-order valence-electron chi connectivity index (χ1n) is 9.31. The lowest BCUT2D eigenvalue weighted by Crippen LogP contribution is -2.30. The van der Waals surface area contributed by atoms with Crippen LogP contribution in [0.1, 0.15) is 31.5 Å². The molecule has 2 N–H and O–H groups in total. The summed E-state index contributed by atoms with van der Waals surface area (Å²) in [4.78, 5) is 19.4. The van der Waals surface area contributed by atoms with Crippen LogP contribution in [-0.4, -0.2) is 46.2 Å². The van der Waals surface area contributed by atoms with Crippen LogP contribution in [0.15, 0.2) is 16.9 Å². The van der Waals surface area contributed by atoms with Gasteiger partial charge in [0.15, 0.2) is 0 Å². The number of rotatable bonds is 6. The summed E-state index contributed by atoms with van der Waals surface area (Å²) in [5.41, 5.74) is -0.164. The third-order valence-electron chi connectivity index (χ3n) is 5.14. The molecule has 1 aliphatic heterocycles. The fourth-order valence-electron chi connectivity index (χ4n) is 3.40. The summed E-state index contributed by atoms with van der Waals surface area (Å²) in [6.07, 6.45) is 3.19. The number of thioether (sulfide) groups is 1. The maximum atomic E-state index is 14.4. The molecule has 0 radical (unpaired) electrons. The van der Waals surface area contributed by atoms with E-state index in [0.717, 1.165) is 38.9 Å². The topological polar surface area (TPSA) is 84.4 Å². The summed E-state index contributed by atoms with van der Waals surface area (Å²) in [7, 11) is 0. The van der Waals surface area contributed by atoms with Gasteiger partial charge in [0.05, 0.1) is 24.0 Å². The molecule has 1 saturated carbocycles. The zero-order valence-corrected chi connectivity index (χ0v) is 15.8. The third kappa shape index (κ3) is 4.44. The van der Waals surface area contributed by atoms with Crippen LogP contribution in [0.2, 0.25) is 0 Å². The quantitative estimate of drug-likeness (QED) is 0.784. The lowest BCUT2D eigenvalue weighted by Gasteiger charge is -2.30. The molecule has 8 heteroatoms. The van der Waals surface area contributed by atoms with Gasteiger partial charge in [0.1, 0.15) is 22.8 Å². The highest BCUT2D eigenvalue weighted by atomic mass is 32.2. The highest BCUT2D eigenvalue weighted by Gasteiger charge is 2.27. The third-order valence-corrected chi connectivity index (χ3v) is 6.43. The lowest BCUT2D eigenvalue weighted by atomic mass is 9.96. The van der Waals surface area contributed by atoms with E-state index < -0.39 is 11.4 Å². The zero-order chi connectivity index (χ0) is 18.8. The van der Waals surface area contributed by atoms with Gasteiger partial charge >= 0.3 is 0 Å². The van der Waals surface area contributed by atoms with Crippen LogP contribution in [0.25, 0.3) is 10.9 Å². The number of aliphatic hydroxyl groups excluding tert-OH is 1. The summed E-state index contributed by atoms with van der Waals surface area (Å²) in [6.45, 7) is 1.97. The molecule has 27 heavy (non-hydrogen) atoms. The second-order valence-corrected chi connectivity index (χ2v) is 8.53. The molecule has 4 rings (SSSR count). The van der Waals surface area contributed by atoms with Gasteiger partial charge in [-0.2, -0.15) is 11.8 Å². The molecule has 0 amide bonds. The Morgan fingerprint density at radius 1 is 1.33 bits per heavy atom. The van der Waals surface area contributed by atoms with Crippen molar-refractivity contribution >= 4 is 22.7 Å². The molecule has 2 aromatic rings. The van der Waals surface area contributed by atoms with Crippen molar-refractivity contribution in [2.75, 3.05) is 19.8 Å². The number of ether oxygens (including phenoxy) is 2. The minimum Gasteiger partial charge on any atom is -0.493 e. The molecule has 1 aliphatic carbocycles. The first-order chi connectivity index (χ1) is 13.1. The first kappa shape index (κ1) is 18.7. The minimum absolute atomic E-state index is 0.0405. The van der Waals surface area contributed by atoms with Gasteiger partial charge in [0.2, 0.25) is 0 Å². The number of hydrogen-bond acceptors (Lipinski definition) is 6. The predicted octanol–water partition coefficient (Wildman–Crippen LogP) is 2.62. The van der Waals surface area contributed by atoms with Crippen LogP contribution < -0.4 is 10.3 Å². The fraction of sp³-hybridized carbons (Fsp3) is 0.579. The monoisotopic (exact) mass is 394 g/mol. The van der Waals surface area contributed by atoms with Gasteiger partial charge in [-0.1, -0.05) is 0 Å². The van der Waals surface area contributed by atoms with Crippen molar-refractivity contribution < 1.29 is 19.0 Å². The average molecular weight is 394 g/mol. The average Bonchev–Trinajstić information content (AvgIpc) is 2.63. The largest absolute Gasteiger partial charge is 0.493 e. The Labute approximate surface area is 160 Å². The number of halogens is 1. The van der Waals surface area contributed by atoms with E-state index in [1.54, 1.807) is 17.8 Å². The number of aromatic nitrogens is 2. The Morgan fingerprint density at radius 3 is 2.85 bits per heavy atom. The highest BCUT2D eigenvalue weighted by Crippen LogP contribution is 2.33. The van der Waals surface area contributed by atoms with E-state index in [-0.39, 0.29) is 11.5 Å². The van der Waals surface area contributed by atoms with Crippen LogP contribution in [0.5, 0.6) is 5.75 Å². The number of aliphatic hydroxyl groups is 1. The SMILES string of the molecule is O=c1[nH]c(CSC2CC(O)C2)nc2cc(OCC3CCOCC3)cc(F)c12. The van der Waals surface area contributed by atoms with Gasteiger partial charge in [-0.25, -0.2) is 9.37 Å². The first-order valence-corrected chi connectivity index (χ1v) is 10.4. The molecule has 2 aliphatic rings. The summed E-state index contributed by atoms with van der Waals surface area (Å²) in [5, 5.41) is 9.70. The molecule has 2 fully saturated rings. The number of hydrogen-bond donors (Lipinski definition) is 2. The molecule has 1 aromatic carbocycles. The molecule has 0 unspecified atom stereocenters. The predicted molar refractivity (Wildman–Crippen MR) is 102 cm³/mol. The molecule has 0 spiro atoms. The van der Waals surface area contributed by atoms with E-state index >= 15 is 0 Å². The Kier molecular flexibility index (Phi) is 5.66. The van der Waals surface area contributed by atoms with Gasteiger partial charge in [-0.15, -0.1) is 0 Å². The molecule has 1 aromatic heterocycles. The van der Waals surface area contributed by atoms with Crippen LogP contribution in [0, 0.1) is 11.7 Å². The van der Waals surface area contributed by atoms with E-state index in [0.29, 0.717) is 40.6 Å². The van der Waals surface area contributed by atoms with Crippen molar-refractivity contribution in [2.45, 2.75) is 42.8 Å². The number of nitrogens with zero attached hydrogens (tertiary/aromatic N) is 1. The maximum Gasteiger partial charge on any atom is 0.261 e. The molecular weight excluding hydrogens is 371 g/mol. The van der Waals surface area contributed by atoms with Gasteiger partial charge in [0.25, 0.3) is 5.56 Å². The second-order valence-electron chi connectivity index (χ2n) is 7.24. The fourth-order valence-corrected chi connectivity index (χ4v) is 4.64. The summed E-state index contributed by atoms with van der Waals surface area (Å²) in [6, 6.07) is 2.89. The van der Waals surface area contributed by atoms with Crippen LogP contribution in [0.3, 0.4) is 0 Å². The summed E-state index contributed by atoms with van der Waals surface area (Å²) >= 11 is 1.65. The maximum absolute atomic E-state index is 14.4. The van der Waals surface area contributed by atoms with E-state index in [1.165, 1.54) is 6.07 Å². The van der Waals surface area contributed by atoms with Gasteiger partial charge in [-0.3, -0.25) is 4.79 Å². The molecule has 0 bridgehead atoms. The second kappa shape index (κ2) is 8.16. The standard InChI is InChI=1S/C19H23FN2O4S/c20-15-7-13(26-9-11-1-3-25-4-2-11)8-16-18(15)19(24)22-17(21-16)10-27-14-5-12(23)6-14/h7-8,11-12,14,23H,1-6,9-10H2,(H,21,22,24). The van der Waals surface area contributed by atoms with Crippen molar-refractivity contribution in [3.63, 3.8) is 0 Å². The van der Waals surface area contributed by atoms with Crippen LogP contribution in [-0.2, 0) is 10.5 Å². The van der Waals surface area contributed by atoms with E-state index in [2.05, 4.69) is 9.97 Å². The van der Waals surface area contributed by atoms with Crippen LogP contribution >= 0.6 is 11.8 Å². The van der Waals surface area contributed by atoms with Crippen molar-refractivity contribution in [3.05, 3.63) is 34.1 Å². The van der Waals surface area contributed by atoms with Crippen molar-refractivity contribution in [1.82, 2.24) is 9.97 Å². The Bertz CT molecular complexity index is 863. The van der Waals surface area contributed by atoms with Crippen LogP contribution in [0.4, 0.5) is 4.39 Å². The number of nitrogens with one attached hydrogen (secondary N) is 1. The normalized spacial score (nSPS) is 23.3. The van der Waals surface area contributed by atoms with Crippen molar-refractivity contribution in [2.24, 2.45) is 5.92 Å². The number of fused-ring (bicyclic) bond motifs is 1. The molecular formula is C19H23FN2O4S. The molecule has 2 heterocycles. The summed E-state index contributed by atoms with van der Waals surface area (Å²) in [5.74, 6) is 1.21. The Morgan fingerprint density at radius 2 is 2.11 bits per heavy atom. The molecule has 1 saturated heterocycles. The smallest absolute Gasteiger partial charge is 0.261 e. The lowest BCUT2D eigenvalue weighted by molar-refractivity contribution is 0.0497. The highest BCUT2D eigenvalue weighted by molar-refractivity contribution is 7.99. The Hall–Kier alpha value is -1.64. The Balaban J connectivity index is 1.49. The summed E-state index contributed by atoms with van der Waals surface area (Å²) < 4.78 is 25.5. The van der Waals surface area contributed by atoms with E-state index in [4.69, 9.17) is 9.47 Å². The number of aromatic amines is 1. The molecule has 0 atom stereocenters. The van der Waals surface area contributed by atoms with Gasteiger partial charge in [-0.05, 0) is 31.6 Å². The van der Waals surface area contributed by atoms with Gasteiger partial charge in [0, 0.05) is 30.6 Å². The molecule has 146 valence electrons. The zero-order valence-electron chi connectivity index (χ0n) is 14.9.